The molecule has 1 aliphatic carbocycles. The molecule has 3 unspecified atom stereocenters. The Morgan fingerprint density at radius 3 is 2.48 bits per heavy atom. The van der Waals surface area contributed by atoms with Crippen molar-refractivity contribution < 1.29 is 18.3 Å². The number of hydrogen-bond acceptors (Lipinski definition) is 3. The molecule has 6 nitrogen and oxygen atoms in total. The molecule has 0 aromatic rings. The standard InChI is InChI=1S/C14H26N2O4S/c1-11-5-3-7-14(9-11,13(17)18)15-21(19,20)16-8-4-6-12(2)10-16/h11-12,15H,3-10H2,1-2H3,(H,17,18). The molecule has 2 fully saturated rings. The summed E-state index contributed by atoms with van der Waals surface area (Å²) in [6.07, 6.45) is 4.29. The summed E-state index contributed by atoms with van der Waals surface area (Å²) < 4.78 is 29.1. The molecule has 0 aromatic carbocycles. The van der Waals surface area contributed by atoms with Gasteiger partial charge in [-0.05, 0) is 37.5 Å². The Balaban J connectivity index is 2.17. The Morgan fingerprint density at radius 2 is 1.90 bits per heavy atom. The van der Waals surface area contributed by atoms with Crippen molar-refractivity contribution in [2.24, 2.45) is 11.8 Å². The van der Waals surface area contributed by atoms with E-state index in [4.69, 9.17) is 0 Å². The zero-order valence-corrected chi connectivity index (χ0v) is 13.7. The van der Waals surface area contributed by atoms with E-state index in [-0.39, 0.29) is 5.92 Å². The average Bonchev–Trinajstić information content (AvgIpc) is 2.38. The highest BCUT2D eigenvalue weighted by Crippen LogP contribution is 2.33. The van der Waals surface area contributed by atoms with E-state index in [9.17, 15) is 18.3 Å². The van der Waals surface area contributed by atoms with E-state index >= 15 is 0 Å². The first kappa shape index (κ1) is 16.7. The van der Waals surface area contributed by atoms with Crippen LogP contribution in [-0.2, 0) is 15.0 Å². The smallest absolute Gasteiger partial charge is 0.324 e. The van der Waals surface area contributed by atoms with Crippen LogP contribution in [0.1, 0.15) is 52.4 Å². The maximum atomic E-state index is 12.6. The largest absolute Gasteiger partial charge is 0.480 e. The lowest BCUT2D eigenvalue weighted by Gasteiger charge is -2.39. The van der Waals surface area contributed by atoms with Crippen molar-refractivity contribution in [2.45, 2.75) is 57.9 Å². The quantitative estimate of drug-likeness (QED) is 0.824. The Kier molecular flexibility index (Phi) is 4.95. The summed E-state index contributed by atoms with van der Waals surface area (Å²) in [6.45, 7) is 4.96. The number of piperidine rings is 1. The number of carboxylic acids is 1. The second-order valence-electron chi connectivity index (χ2n) is 6.80. The van der Waals surface area contributed by atoms with Gasteiger partial charge in [-0.1, -0.05) is 26.7 Å². The first-order chi connectivity index (χ1) is 9.75. The minimum absolute atomic E-state index is 0.220. The van der Waals surface area contributed by atoms with Crippen LogP contribution >= 0.6 is 0 Å². The van der Waals surface area contributed by atoms with E-state index in [1.54, 1.807) is 0 Å². The van der Waals surface area contributed by atoms with Gasteiger partial charge in [-0.25, -0.2) is 0 Å². The van der Waals surface area contributed by atoms with E-state index in [1.165, 1.54) is 4.31 Å². The third kappa shape index (κ3) is 3.76. The molecule has 7 heteroatoms. The molecule has 122 valence electrons. The average molecular weight is 318 g/mol. The van der Waals surface area contributed by atoms with Crippen LogP contribution in [0.4, 0.5) is 0 Å². The van der Waals surface area contributed by atoms with Crippen LogP contribution in [0.3, 0.4) is 0 Å². The van der Waals surface area contributed by atoms with Gasteiger partial charge in [0.05, 0.1) is 0 Å². The summed E-state index contributed by atoms with van der Waals surface area (Å²) in [7, 11) is -3.74. The lowest BCUT2D eigenvalue weighted by atomic mass is 9.77. The first-order valence-corrected chi connectivity index (χ1v) is 9.22. The molecule has 1 heterocycles. The summed E-state index contributed by atoms with van der Waals surface area (Å²) in [5.41, 5.74) is -1.34. The summed E-state index contributed by atoms with van der Waals surface area (Å²) in [6, 6.07) is 0. The van der Waals surface area contributed by atoms with Crippen molar-refractivity contribution in [1.29, 1.82) is 0 Å². The Labute approximate surface area is 127 Å². The molecule has 0 bridgehead atoms. The Bertz CT molecular complexity index is 493. The summed E-state index contributed by atoms with van der Waals surface area (Å²) in [4.78, 5) is 11.7. The van der Waals surface area contributed by atoms with E-state index < -0.39 is 21.7 Å². The van der Waals surface area contributed by atoms with Crippen molar-refractivity contribution >= 4 is 16.2 Å². The van der Waals surface area contributed by atoms with Gasteiger partial charge in [-0.3, -0.25) is 4.79 Å². The monoisotopic (exact) mass is 318 g/mol. The minimum Gasteiger partial charge on any atom is -0.480 e. The lowest BCUT2D eigenvalue weighted by molar-refractivity contribution is -0.146. The second kappa shape index (κ2) is 6.22. The highest BCUT2D eigenvalue weighted by molar-refractivity contribution is 7.87. The maximum Gasteiger partial charge on any atom is 0.324 e. The predicted molar refractivity (Wildman–Crippen MR) is 80.0 cm³/mol. The molecule has 21 heavy (non-hydrogen) atoms. The third-order valence-corrected chi connectivity index (χ3v) is 6.35. The van der Waals surface area contributed by atoms with Crippen LogP contribution in [0.2, 0.25) is 0 Å². The van der Waals surface area contributed by atoms with Gasteiger partial charge >= 0.3 is 5.97 Å². The van der Waals surface area contributed by atoms with Crippen LogP contribution < -0.4 is 4.72 Å². The SMILES string of the molecule is CC1CCCN(S(=O)(=O)NC2(C(=O)O)CCCC(C)C2)C1. The van der Waals surface area contributed by atoms with Crippen LogP contribution in [0, 0.1) is 11.8 Å². The molecule has 3 atom stereocenters. The van der Waals surface area contributed by atoms with Gasteiger partial charge in [0.1, 0.15) is 5.54 Å². The van der Waals surface area contributed by atoms with Gasteiger partial charge in [0.15, 0.2) is 0 Å². The molecule has 0 amide bonds. The summed E-state index contributed by atoms with van der Waals surface area (Å²) >= 11 is 0. The van der Waals surface area contributed by atoms with Crippen molar-refractivity contribution in [3.63, 3.8) is 0 Å². The molecule has 0 aromatic heterocycles. The molecule has 2 aliphatic rings. The third-order valence-electron chi connectivity index (χ3n) is 4.69. The Morgan fingerprint density at radius 1 is 1.24 bits per heavy atom. The molecular formula is C14H26N2O4S. The fourth-order valence-electron chi connectivity index (χ4n) is 3.56. The number of rotatable bonds is 4. The van der Waals surface area contributed by atoms with Crippen LogP contribution in [0.15, 0.2) is 0 Å². The maximum absolute atomic E-state index is 12.6. The van der Waals surface area contributed by atoms with Gasteiger partial charge in [-0.2, -0.15) is 17.4 Å². The number of nitrogens with one attached hydrogen (secondary N) is 1. The molecule has 2 rings (SSSR count). The summed E-state index contributed by atoms with van der Waals surface area (Å²) in [5, 5.41) is 9.57. The lowest BCUT2D eigenvalue weighted by Crippen LogP contribution is -2.60. The van der Waals surface area contributed by atoms with Crippen molar-refractivity contribution in [2.75, 3.05) is 13.1 Å². The zero-order valence-electron chi connectivity index (χ0n) is 12.8. The number of aliphatic carboxylic acids is 1. The van der Waals surface area contributed by atoms with Crippen molar-refractivity contribution in [3.05, 3.63) is 0 Å². The van der Waals surface area contributed by atoms with Crippen molar-refractivity contribution in [1.82, 2.24) is 9.03 Å². The molecule has 1 saturated carbocycles. The highest BCUT2D eigenvalue weighted by atomic mass is 32.2. The van der Waals surface area contributed by atoms with Gasteiger partial charge in [0.25, 0.3) is 10.2 Å². The van der Waals surface area contributed by atoms with E-state index in [1.807, 2.05) is 13.8 Å². The van der Waals surface area contributed by atoms with Crippen molar-refractivity contribution in [3.8, 4) is 0 Å². The topological polar surface area (TPSA) is 86.7 Å². The van der Waals surface area contributed by atoms with Gasteiger partial charge in [0, 0.05) is 13.1 Å². The molecule has 1 aliphatic heterocycles. The Hall–Kier alpha value is -0.660. The number of nitrogens with zero attached hydrogens (tertiary/aromatic N) is 1. The molecule has 1 saturated heterocycles. The highest BCUT2D eigenvalue weighted by Gasteiger charge is 2.46. The van der Waals surface area contributed by atoms with E-state index in [2.05, 4.69) is 4.72 Å². The minimum atomic E-state index is -3.74. The van der Waals surface area contributed by atoms with Gasteiger partial charge in [-0.15, -0.1) is 0 Å². The molecule has 2 N–H and O–H groups in total. The zero-order chi connectivity index (χ0) is 15.7. The van der Waals surface area contributed by atoms with Crippen LogP contribution in [0.25, 0.3) is 0 Å². The van der Waals surface area contributed by atoms with Crippen LogP contribution in [0.5, 0.6) is 0 Å². The fraction of sp³-hybridized carbons (Fsp3) is 0.929. The summed E-state index contributed by atoms with van der Waals surface area (Å²) in [5.74, 6) is -0.512. The van der Waals surface area contributed by atoms with E-state index in [0.29, 0.717) is 31.8 Å². The molecular weight excluding hydrogens is 292 g/mol. The number of carbonyl (C=O) groups is 1. The van der Waals surface area contributed by atoms with Gasteiger partial charge < -0.3 is 5.11 Å². The second-order valence-corrected chi connectivity index (χ2v) is 8.47. The first-order valence-electron chi connectivity index (χ1n) is 7.78. The number of hydrogen-bond donors (Lipinski definition) is 2. The predicted octanol–water partition coefficient (Wildman–Crippen LogP) is 1.59. The molecule has 0 spiro atoms. The molecule has 0 radical (unpaired) electrons. The van der Waals surface area contributed by atoms with Gasteiger partial charge in [0.2, 0.25) is 0 Å². The normalized spacial score (nSPS) is 35.5. The van der Waals surface area contributed by atoms with E-state index in [0.717, 1.165) is 25.7 Å². The van der Waals surface area contributed by atoms with Crippen LogP contribution in [-0.4, -0.2) is 42.4 Å². The fourth-order valence-corrected chi connectivity index (χ4v) is 5.27. The number of carboxylic acid groups (broad SMARTS) is 1.